The molecule has 0 atom stereocenters. The number of hydrogen-bond acceptors (Lipinski definition) is 2. The fraction of sp³-hybridized carbons (Fsp3) is 0.500. The molecule has 1 heterocycles. The molecule has 0 aliphatic carbocycles. The molecule has 2 nitrogen and oxygen atoms in total. The zero-order valence-electron chi connectivity index (χ0n) is 8.71. The molecule has 0 saturated carbocycles. The van der Waals surface area contributed by atoms with Gasteiger partial charge in [-0.15, -0.1) is 0 Å². The van der Waals surface area contributed by atoms with Crippen LogP contribution >= 0.6 is 0 Å². The minimum Gasteiger partial charge on any atom is -0.488 e. The molecule has 0 spiro atoms. The first-order valence-corrected chi connectivity index (χ1v) is 5.02. The number of aliphatic hydroxyl groups excluding tert-OH is 1. The third-order valence-corrected chi connectivity index (χ3v) is 2.69. The van der Waals surface area contributed by atoms with Gasteiger partial charge in [-0.3, -0.25) is 0 Å². The summed E-state index contributed by atoms with van der Waals surface area (Å²) >= 11 is 0. The van der Waals surface area contributed by atoms with Crippen LogP contribution in [0.1, 0.15) is 31.4 Å². The van der Waals surface area contributed by atoms with Gasteiger partial charge in [-0.05, 0) is 49.9 Å². The van der Waals surface area contributed by atoms with E-state index in [0.717, 1.165) is 24.2 Å². The van der Waals surface area contributed by atoms with Crippen LogP contribution in [0.4, 0.5) is 0 Å². The van der Waals surface area contributed by atoms with Gasteiger partial charge in [0.2, 0.25) is 0 Å². The average molecular weight is 192 g/mol. The second kappa shape index (κ2) is 3.28. The first-order valence-electron chi connectivity index (χ1n) is 5.02. The van der Waals surface area contributed by atoms with Gasteiger partial charge in [0, 0.05) is 0 Å². The van der Waals surface area contributed by atoms with Crippen LogP contribution in [-0.4, -0.2) is 10.7 Å². The number of ether oxygens (including phenoxy) is 1. The molecular formula is C12H16O2. The quantitative estimate of drug-likeness (QED) is 0.739. The van der Waals surface area contributed by atoms with E-state index in [1.807, 2.05) is 18.2 Å². The molecule has 0 fully saturated rings. The fourth-order valence-electron chi connectivity index (χ4n) is 1.81. The highest BCUT2D eigenvalue weighted by Gasteiger charge is 2.26. The van der Waals surface area contributed by atoms with Crippen LogP contribution < -0.4 is 4.74 Å². The number of benzene rings is 1. The van der Waals surface area contributed by atoms with Crippen LogP contribution in [0, 0.1) is 0 Å². The van der Waals surface area contributed by atoms with Gasteiger partial charge in [0.05, 0.1) is 6.61 Å². The number of aryl methyl sites for hydroxylation is 1. The van der Waals surface area contributed by atoms with E-state index in [0.29, 0.717) is 0 Å². The van der Waals surface area contributed by atoms with E-state index in [9.17, 15) is 0 Å². The number of aliphatic hydroxyl groups is 1. The highest BCUT2D eigenvalue weighted by atomic mass is 16.5. The summed E-state index contributed by atoms with van der Waals surface area (Å²) in [7, 11) is 0. The molecule has 1 aromatic carbocycles. The molecule has 1 aliphatic rings. The van der Waals surface area contributed by atoms with Crippen LogP contribution in [0.5, 0.6) is 5.75 Å². The van der Waals surface area contributed by atoms with E-state index >= 15 is 0 Å². The molecule has 76 valence electrons. The standard InChI is InChI=1S/C12H16O2/c1-12(2)6-5-10-7-9(8-13)3-4-11(10)14-12/h3-4,7,13H,5-6,8H2,1-2H3. The molecule has 0 aromatic heterocycles. The van der Waals surface area contributed by atoms with Crippen molar-refractivity contribution >= 4 is 0 Å². The Balaban J connectivity index is 2.32. The maximum atomic E-state index is 9.00. The second-order valence-corrected chi connectivity index (χ2v) is 4.46. The molecule has 2 rings (SSSR count). The predicted octanol–water partition coefficient (Wildman–Crippen LogP) is 2.28. The first kappa shape index (κ1) is 9.53. The summed E-state index contributed by atoms with van der Waals surface area (Å²) in [6.07, 6.45) is 2.07. The normalized spacial score (nSPS) is 18.5. The van der Waals surface area contributed by atoms with Crippen molar-refractivity contribution < 1.29 is 9.84 Å². The van der Waals surface area contributed by atoms with Gasteiger partial charge in [-0.1, -0.05) is 6.07 Å². The molecule has 1 aliphatic heterocycles. The van der Waals surface area contributed by atoms with Gasteiger partial charge in [0.1, 0.15) is 11.4 Å². The summed E-state index contributed by atoms with van der Waals surface area (Å²) in [6.45, 7) is 4.32. The Labute approximate surface area is 84.5 Å². The van der Waals surface area contributed by atoms with Crippen molar-refractivity contribution in [2.45, 2.75) is 38.9 Å². The maximum absolute atomic E-state index is 9.00. The van der Waals surface area contributed by atoms with Gasteiger partial charge in [-0.25, -0.2) is 0 Å². The zero-order chi connectivity index (χ0) is 10.2. The van der Waals surface area contributed by atoms with Crippen LogP contribution in [-0.2, 0) is 13.0 Å². The Morgan fingerprint density at radius 1 is 1.43 bits per heavy atom. The molecule has 1 N–H and O–H groups in total. The summed E-state index contributed by atoms with van der Waals surface area (Å²) in [5.41, 5.74) is 2.14. The van der Waals surface area contributed by atoms with Crippen LogP contribution in [0.3, 0.4) is 0 Å². The first-order chi connectivity index (χ1) is 6.61. The number of hydrogen-bond donors (Lipinski definition) is 1. The summed E-state index contributed by atoms with van der Waals surface area (Å²) in [6, 6.07) is 5.91. The lowest BCUT2D eigenvalue weighted by atomic mass is 9.93. The van der Waals surface area contributed by atoms with Crippen molar-refractivity contribution in [3.63, 3.8) is 0 Å². The fourth-order valence-corrected chi connectivity index (χ4v) is 1.81. The molecule has 0 amide bonds. The predicted molar refractivity (Wildman–Crippen MR) is 55.4 cm³/mol. The zero-order valence-corrected chi connectivity index (χ0v) is 8.71. The molecule has 0 unspecified atom stereocenters. The van der Waals surface area contributed by atoms with Crippen molar-refractivity contribution in [2.24, 2.45) is 0 Å². The Bertz CT molecular complexity index is 342. The molecule has 0 radical (unpaired) electrons. The average Bonchev–Trinajstić information content (AvgIpc) is 2.16. The van der Waals surface area contributed by atoms with E-state index < -0.39 is 0 Å². The van der Waals surface area contributed by atoms with Gasteiger partial charge in [-0.2, -0.15) is 0 Å². The minimum atomic E-state index is -0.0479. The summed E-state index contributed by atoms with van der Waals surface area (Å²) in [4.78, 5) is 0. The molecule has 2 heteroatoms. The monoisotopic (exact) mass is 192 g/mol. The van der Waals surface area contributed by atoms with E-state index in [2.05, 4.69) is 13.8 Å². The van der Waals surface area contributed by atoms with E-state index in [4.69, 9.17) is 9.84 Å². The molecule has 0 saturated heterocycles. The summed E-state index contributed by atoms with van der Waals surface area (Å²) in [5, 5.41) is 9.00. The molecule has 14 heavy (non-hydrogen) atoms. The largest absolute Gasteiger partial charge is 0.488 e. The maximum Gasteiger partial charge on any atom is 0.123 e. The van der Waals surface area contributed by atoms with Crippen molar-refractivity contribution in [1.82, 2.24) is 0 Å². The Hall–Kier alpha value is -1.02. The molecule has 0 bridgehead atoms. The molecule has 1 aromatic rings. The SMILES string of the molecule is CC1(C)CCc2cc(CO)ccc2O1. The van der Waals surface area contributed by atoms with Crippen molar-refractivity contribution in [2.75, 3.05) is 0 Å². The third-order valence-electron chi connectivity index (χ3n) is 2.69. The minimum absolute atomic E-state index is 0.0479. The third kappa shape index (κ3) is 1.75. The lowest BCUT2D eigenvalue weighted by Gasteiger charge is -2.32. The van der Waals surface area contributed by atoms with Gasteiger partial charge >= 0.3 is 0 Å². The van der Waals surface area contributed by atoms with Crippen molar-refractivity contribution in [3.05, 3.63) is 29.3 Å². The second-order valence-electron chi connectivity index (χ2n) is 4.46. The van der Waals surface area contributed by atoms with Crippen molar-refractivity contribution in [1.29, 1.82) is 0 Å². The topological polar surface area (TPSA) is 29.5 Å². The number of rotatable bonds is 1. The lowest BCUT2D eigenvalue weighted by Crippen LogP contribution is -2.32. The van der Waals surface area contributed by atoms with Crippen LogP contribution in [0.2, 0.25) is 0 Å². The Morgan fingerprint density at radius 3 is 2.93 bits per heavy atom. The van der Waals surface area contributed by atoms with Crippen LogP contribution in [0.25, 0.3) is 0 Å². The van der Waals surface area contributed by atoms with E-state index in [1.165, 1.54) is 5.56 Å². The Morgan fingerprint density at radius 2 is 2.21 bits per heavy atom. The van der Waals surface area contributed by atoms with E-state index in [1.54, 1.807) is 0 Å². The van der Waals surface area contributed by atoms with Crippen LogP contribution in [0.15, 0.2) is 18.2 Å². The van der Waals surface area contributed by atoms with Gasteiger partial charge < -0.3 is 9.84 Å². The highest BCUT2D eigenvalue weighted by Crippen LogP contribution is 2.33. The van der Waals surface area contributed by atoms with E-state index in [-0.39, 0.29) is 12.2 Å². The Kier molecular flexibility index (Phi) is 2.23. The smallest absolute Gasteiger partial charge is 0.123 e. The number of fused-ring (bicyclic) bond motifs is 1. The lowest BCUT2D eigenvalue weighted by molar-refractivity contribution is 0.0846. The van der Waals surface area contributed by atoms with Crippen molar-refractivity contribution in [3.8, 4) is 5.75 Å². The summed E-state index contributed by atoms with van der Waals surface area (Å²) in [5.74, 6) is 0.971. The highest BCUT2D eigenvalue weighted by molar-refractivity contribution is 5.39. The van der Waals surface area contributed by atoms with Gasteiger partial charge in [0.25, 0.3) is 0 Å². The van der Waals surface area contributed by atoms with Gasteiger partial charge in [0.15, 0.2) is 0 Å². The molecular weight excluding hydrogens is 176 g/mol. The summed E-state index contributed by atoms with van der Waals surface area (Å²) < 4.78 is 5.84.